The molecule has 2 N–H and O–H groups in total. The number of morpholine rings is 1. The summed E-state index contributed by atoms with van der Waals surface area (Å²) in [4.78, 5) is 13.8. The fourth-order valence-electron chi connectivity index (χ4n) is 3.15. The zero-order valence-electron chi connectivity index (χ0n) is 12.7. The number of nitrogens with zero attached hydrogens (tertiary/aromatic N) is 4. The van der Waals surface area contributed by atoms with E-state index in [0.29, 0.717) is 6.04 Å². The Morgan fingerprint density at radius 3 is 2.67 bits per heavy atom. The average Bonchev–Trinajstić information content (AvgIpc) is 2.98. The number of aromatic nitrogens is 2. The maximum Gasteiger partial charge on any atom is 0.225 e. The van der Waals surface area contributed by atoms with Crippen molar-refractivity contribution >= 4 is 5.95 Å². The summed E-state index contributed by atoms with van der Waals surface area (Å²) in [6.07, 6.45) is 5.84. The van der Waals surface area contributed by atoms with Gasteiger partial charge in [-0.15, -0.1) is 0 Å². The van der Waals surface area contributed by atoms with Crippen molar-refractivity contribution in [3.63, 3.8) is 0 Å². The van der Waals surface area contributed by atoms with Gasteiger partial charge in [-0.3, -0.25) is 4.90 Å². The van der Waals surface area contributed by atoms with Crippen LogP contribution >= 0.6 is 0 Å². The number of nitrogens with two attached hydrogens (primary N) is 1. The summed E-state index contributed by atoms with van der Waals surface area (Å²) in [5.41, 5.74) is 6.91. The van der Waals surface area contributed by atoms with E-state index in [1.807, 2.05) is 19.3 Å². The van der Waals surface area contributed by atoms with Crippen LogP contribution < -0.4 is 10.6 Å². The van der Waals surface area contributed by atoms with Gasteiger partial charge in [0, 0.05) is 50.7 Å². The molecule has 2 atom stereocenters. The van der Waals surface area contributed by atoms with E-state index in [9.17, 15) is 0 Å². The first-order valence-corrected chi connectivity index (χ1v) is 7.85. The Morgan fingerprint density at radius 2 is 2.00 bits per heavy atom. The Labute approximate surface area is 126 Å². The first-order valence-electron chi connectivity index (χ1n) is 7.85. The van der Waals surface area contributed by atoms with Crippen molar-refractivity contribution in [1.29, 1.82) is 0 Å². The minimum atomic E-state index is 0.150. The van der Waals surface area contributed by atoms with Crippen molar-refractivity contribution in [1.82, 2.24) is 14.9 Å². The highest BCUT2D eigenvalue weighted by Crippen LogP contribution is 2.20. The fraction of sp³-hybridized carbons (Fsp3) is 0.733. The number of hydrogen-bond donors (Lipinski definition) is 1. The molecule has 2 aliphatic heterocycles. The summed E-state index contributed by atoms with van der Waals surface area (Å²) in [6, 6.07) is 0.762. The standard InChI is InChI=1S/C15H25N5O/c1-12(16)8-13-9-17-15(18-10-13)20-3-2-14(11-20)19-4-6-21-7-5-19/h9-10,12,14H,2-8,11,16H2,1H3. The lowest BCUT2D eigenvalue weighted by Gasteiger charge is -2.32. The first-order chi connectivity index (χ1) is 10.2. The van der Waals surface area contributed by atoms with E-state index in [4.69, 9.17) is 10.5 Å². The van der Waals surface area contributed by atoms with Gasteiger partial charge >= 0.3 is 0 Å². The van der Waals surface area contributed by atoms with Gasteiger partial charge in [-0.05, 0) is 25.3 Å². The smallest absolute Gasteiger partial charge is 0.225 e. The predicted octanol–water partition coefficient (Wildman–Crippen LogP) is 0.277. The molecular formula is C15H25N5O. The van der Waals surface area contributed by atoms with Crippen LogP contribution in [0.1, 0.15) is 18.9 Å². The minimum absolute atomic E-state index is 0.150. The molecule has 0 amide bonds. The van der Waals surface area contributed by atoms with E-state index in [0.717, 1.165) is 57.3 Å². The number of rotatable bonds is 4. The Balaban J connectivity index is 1.57. The number of hydrogen-bond acceptors (Lipinski definition) is 6. The Hall–Kier alpha value is -1.24. The molecule has 0 radical (unpaired) electrons. The third-order valence-corrected chi connectivity index (χ3v) is 4.26. The molecule has 0 aromatic carbocycles. The largest absolute Gasteiger partial charge is 0.379 e. The summed E-state index contributed by atoms with van der Waals surface area (Å²) in [7, 11) is 0. The fourth-order valence-corrected chi connectivity index (χ4v) is 3.15. The Kier molecular flexibility index (Phi) is 4.67. The molecule has 6 heteroatoms. The second-order valence-electron chi connectivity index (χ2n) is 6.11. The van der Waals surface area contributed by atoms with Gasteiger partial charge < -0.3 is 15.4 Å². The normalized spacial score (nSPS) is 25.2. The third-order valence-electron chi connectivity index (χ3n) is 4.26. The van der Waals surface area contributed by atoms with E-state index < -0.39 is 0 Å². The predicted molar refractivity (Wildman–Crippen MR) is 82.4 cm³/mol. The van der Waals surface area contributed by atoms with E-state index in [1.165, 1.54) is 6.42 Å². The highest BCUT2D eigenvalue weighted by atomic mass is 16.5. The zero-order valence-corrected chi connectivity index (χ0v) is 12.7. The molecule has 21 heavy (non-hydrogen) atoms. The molecule has 2 saturated heterocycles. The molecule has 1 aromatic rings. The molecule has 0 aliphatic carbocycles. The van der Waals surface area contributed by atoms with Gasteiger partial charge in [0.25, 0.3) is 0 Å². The lowest BCUT2D eigenvalue weighted by molar-refractivity contribution is 0.0209. The van der Waals surface area contributed by atoms with Crippen molar-refractivity contribution in [2.75, 3.05) is 44.3 Å². The summed E-state index contributed by atoms with van der Waals surface area (Å²) < 4.78 is 5.43. The first kappa shape index (κ1) is 14.7. The summed E-state index contributed by atoms with van der Waals surface area (Å²) in [5.74, 6) is 0.846. The highest BCUT2D eigenvalue weighted by molar-refractivity contribution is 5.32. The Morgan fingerprint density at radius 1 is 1.29 bits per heavy atom. The van der Waals surface area contributed by atoms with Crippen LogP contribution in [0.25, 0.3) is 0 Å². The van der Waals surface area contributed by atoms with Gasteiger partial charge in [-0.1, -0.05) is 0 Å². The molecule has 0 bridgehead atoms. The molecule has 2 unspecified atom stereocenters. The summed E-state index contributed by atoms with van der Waals surface area (Å²) >= 11 is 0. The molecular weight excluding hydrogens is 266 g/mol. The van der Waals surface area contributed by atoms with Gasteiger partial charge in [-0.2, -0.15) is 0 Å². The molecule has 3 heterocycles. The molecule has 6 nitrogen and oxygen atoms in total. The van der Waals surface area contributed by atoms with Crippen molar-refractivity contribution < 1.29 is 4.74 Å². The molecule has 0 spiro atoms. The minimum Gasteiger partial charge on any atom is -0.379 e. The Bertz CT molecular complexity index is 444. The maximum atomic E-state index is 5.80. The monoisotopic (exact) mass is 291 g/mol. The van der Waals surface area contributed by atoms with Gasteiger partial charge in [0.2, 0.25) is 5.95 Å². The summed E-state index contributed by atoms with van der Waals surface area (Å²) in [5, 5.41) is 0. The molecule has 2 aliphatic rings. The zero-order chi connectivity index (χ0) is 14.7. The van der Waals surface area contributed by atoms with Crippen LogP contribution in [0.3, 0.4) is 0 Å². The molecule has 2 fully saturated rings. The van der Waals surface area contributed by atoms with Crippen LogP contribution in [-0.2, 0) is 11.2 Å². The van der Waals surface area contributed by atoms with E-state index in [2.05, 4.69) is 19.8 Å². The second-order valence-corrected chi connectivity index (χ2v) is 6.11. The van der Waals surface area contributed by atoms with Crippen LogP contribution in [0, 0.1) is 0 Å². The molecule has 3 rings (SSSR count). The van der Waals surface area contributed by atoms with Crippen molar-refractivity contribution in [3.05, 3.63) is 18.0 Å². The van der Waals surface area contributed by atoms with Crippen molar-refractivity contribution in [2.45, 2.75) is 31.8 Å². The van der Waals surface area contributed by atoms with Crippen LogP contribution in [0.15, 0.2) is 12.4 Å². The number of ether oxygens (including phenoxy) is 1. The topological polar surface area (TPSA) is 67.5 Å². The SMILES string of the molecule is CC(N)Cc1cnc(N2CCC(N3CCOCC3)C2)nc1. The summed E-state index contributed by atoms with van der Waals surface area (Å²) in [6.45, 7) is 7.87. The highest BCUT2D eigenvalue weighted by Gasteiger charge is 2.29. The van der Waals surface area contributed by atoms with Crippen LogP contribution in [0.4, 0.5) is 5.95 Å². The van der Waals surface area contributed by atoms with Gasteiger partial charge in [0.15, 0.2) is 0 Å². The second kappa shape index (κ2) is 6.68. The van der Waals surface area contributed by atoms with Gasteiger partial charge in [0.05, 0.1) is 13.2 Å². The van der Waals surface area contributed by atoms with Gasteiger partial charge in [0.1, 0.15) is 0 Å². The van der Waals surface area contributed by atoms with Crippen LogP contribution in [0.2, 0.25) is 0 Å². The van der Waals surface area contributed by atoms with Crippen molar-refractivity contribution in [2.24, 2.45) is 5.73 Å². The van der Waals surface area contributed by atoms with E-state index in [1.54, 1.807) is 0 Å². The lowest BCUT2D eigenvalue weighted by Crippen LogP contribution is -2.44. The third kappa shape index (κ3) is 3.70. The van der Waals surface area contributed by atoms with E-state index in [-0.39, 0.29) is 6.04 Å². The number of anilines is 1. The lowest BCUT2D eigenvalue weighted by atomic mass is 10.1. The van der Waals surface area contributed by atoms with Crippen LogP contribution in [-0.4, -0.2) is 66.3 Å². The quantitative estimate of drug-likeness (QED) is 0.859. The molecule has 116 valence electrons. The molecule has 0 saturated carbocycles. The van der Waals surface area contributed by atoms with Crippen LogP contribution in [0.5, 0.6) is 0 Å². The maximum absolute atomic E-state index is 5.80. The van der Waals surface area contributed by atoms with Gasteiger partial charge in [-0.25, -0.2) is 9.97 Å². The van der Waals surface area contributed by atoms with Crippen molar-refractivity contribution in [3.8, 4) is 0 Å². The molecule has 1 aromatic heterocycles. The van der Waals surface area contributed by atoms with E-state index >= 15 is 0 Å². The average molecular weight is 291 g/mol.